The molecule has 0 spiro atoms. The second kappa shape index (κ2) is 7.14. The average Bonchev–Trinajstić information content (AvgIpc) is 2.26. The third-order valence-electron chi connectivity index (χ3n) is 2.80. The Labute approximate surface area is 113 Å². The first-order chi connectivity index (χ1) is 7.99. The summed E-state index contributed by atoms with van der Waals surface area (Å²) in [5, 5.41) is 0. The minimum Gasteiger partial charge on any atom is -0.324 e. The van der Waals surface area contributed by atoms with Crippen LogP contribution in [0.1, 0.15) is 31.9 Å². The highest BCUT2D eigenvalue weighted by Gasteiger charge is 2.08. The van der Waals surface area contributed by atoms with Crippen LogP contribution in [0, 0.1) is 5.92 Å². The van der Waals surface area contributed by atoms with Crippen molar-refractivity contribution in [2.45, 2.75) is 26.3 Å². The molecule has 2 nitrogen and oxygen atoms in total. The molecule has 0 aliphatic carbocycles. The largest absolute Gasteiger partial charge is 0.324 e. The fourth-order valence-corrected chi connectivity index (χ4v) is 2.22. The molecule has 0 aromatic heterocycles. The Morgan fingerprint density at radius 2 is 1.82 bits per heavy atom. The van der Waals surface area contributed by atoms with Crippen LogP contribution in [0.2, 0.25) is 0 Å². The van der Waals surface area contributed by atoms with Crippen LogP contribution in [0.15, 0.2) is 28.7 Å². The predicted molar refractivity (Wildman–Crippen MR) is 78.0 cm³/mol. The zero-order valence-corrected chi connectivity index (χ0v) is 12.6. The van der Waals surface area contributed by atoms with Crippen molar-refractivity contribution in [2.75, 3.05) is 20.1 Å². The van der Waals surface area contributed by atoms with E-state index in [1.54, 1.807) is 0 Å². The molecule has 96 valence electrons. The van der Waals surface area contributed by atoms with Crippen LogP contribution in [0.5, 0.6) is 0 Å². The van der Waals surface area contributed by atoms with E-state index in [2.05, 4.69) is 53.9 Å². The Morgan fingerprint density at radius 1 is 1.24 bits per heavy atom. The summed E-state index contributed by atoms with van der Waals surface area (Å²) in [6.45, 7) is 6.67. The lowest BCUT2D eigenvalue weighted by Crippen LogP contribution is -2.27. The van der Waals surface area contributed by atoms with Crippen LogP contribution in [-0.4, -0.2) is 25.0 Å². The maximum atomic E-state index is 6.18. The van der Waals surface area contributed by atoms with Crippen molar-refractivity contribution in [3.05, 3.63) is 34.3 Å². The normalized spacial score (nSPS) is 13.4. The van der Waals surface area contributed by atoms with Crippen molar-refractivity contribution < 1.29 is 0 Å². The van der Waals surface area contributed by atoms with Gasteiger partial charge in [0.05, 0.1) is 0 Å². The van der Waals surface area contributed by atoms with Crippen LogP contribution >= 0.6 is 15.9 Å². The van der Waals surface area contributed by atoms with Gasteiger partial charge in [0.15, 0.2) is 0 Å². The van der Waals surface area contributed by atoms with Gasteiger partial charge in [0, 0.05) is 17.1 Å². The molecule has 0 fully saturated rings. The summed E-state index contributed by atoms with van der Waals surface area (Å²) in [7, 11) is 2.16. The summed E-state index contributed by atoms with van der Waals surface area (Å²) >= 11 is 3.43. The molecule has 0 radical (unpaired) electrons. The first kappa shape index (κ1) is 14.7. The molecule has 1 unspecified atom stereocenters. The third kappa shape index (κ3) is 5.66. The van der Waals surface area contributed by atoms with Gasteiger partial charge in [-0.15, -0.1) is 0 Å². The predicted octanol–water partition coefficient (Wildman–Crippen LogP) is 3.43. The molecule has 1 aromatic carbocycles. The Bertz CT molecular complexity index is 321. The standard InChI is InChI=1S/C14H23BrN2/c1-11(2)10-17(3)9-8-14(16)12-4-6-13(15)7-5-12/h4-7,11,14H,8-10,16H2,1-3H3. The van der Waals surface area contributed by atoms with Crippen molar-refractivity contribution in [1.82, 2.24) is 4.90 Å². The van der Waals surface area contributed by atoms with Gasteiger partial charge in [-0.05, 0) is 43.6 Å². The summed E-state index contributed by atoms with van der Waals surface area (Å²) in [5.41, 5.74) is 7.40. The minimum atomic E-state index is 0.137. The van der Waals surface area contributed by atoms with E-state index < -0.39 is 0 Å². The van der Waals surface area contributed by atoms with Crippen LogP contribution in [0.3, 0.4) is 0 Å². The second-order valence-electron chi connectivity index (χ2n) is 5.10. The fraction of sp³-hybridized carbons (Fsp3) is 0.571. The number of nitrogens with two attached hydrogens (primary N) is 1. The first-order valence-electron chi connectivity index (χ1n) is 6.18. The smallest absolute Gasteiger partial charge is 0.0307 e. The number of hydrogen-bond donors (Lipinski definition) is 1. The molecule has 0 bridgehead atoms. The number of rotatable bonds is 6. The molecule has 0 saturated heterocycles. The van der Waals surface area contributed by atoms with E-state index in [4.69, 9.17) is 5.73 Å². The van der Waals surface area contributed by atoms with Crippen LogP contribution in [-0.2, 0) is 0 Å². The number of halogens is 1. The van der Waals surface area contributed by atoms with Gasteiger partial charge in [0.2, 0.25) is 0 Å². The Balaban J connectivity index is 2.39. The molecule has 1 atom stereocenters. The number of benzene rings is 1. The first-order valence-corrected chi connectivity index (χ1v) is 6.98. The summed E-state index contributed by atoms with van der Waals surface area (Å²) in [6, 6.07) is 8.42. The van der Waals surface area contributed by atoms with Gasteiger partial charge >= 0.3 is 0 Å². The van der Waals surface area contributed by atoms with E-state index in [-0.39, 0.29) is 6.04 Å². The summed E-state index contributed by atoms with van der Waals surface area (Å²) < 4.78 is 1.10. The number of hydrogen-bond acceptors (Lipinski definition) is 2. The minimum absolute atomic E-state index is 0.137. The van der Waals surface area contributed by atoms with E-state index in [1.165, 1.54) is 5.56 Å². The summed E-state index contributed by atoms with van der Waals surface area (Å²) in [4.78, 5) is 2.35. The van der Waals surface area contributed by atoms with E-state index in [0.717, 1.165) is 24.0 Å². The van der Waals surface area contributed by atoms with E-state index in [0.29, 0.717) is 5.92 Å². The highest BCUT2D eigenvalue weighted by Crippen LogP contribution is 2.17. The Morgan fingerprint density at radius 3 is 2.35 bits per heavy atom. The Kier molecular flexibility index (Phi) is 6.17. The summed E-state index contributed by atoms with van der Waals surface area (Å²) in [6.07, 6.45) is 1.00. The van der Waals surface area contributed by atoms with Crippen LogP contribution < -0.4 is 5.73 Å². The molecule has 2 N–H and O–H groups in total. The van der Waals surface area contributed by atoms with Crippen LogP contribution in [0.25, 0.3) is 0 Å². The third-order valence-corrected chi connectivity index (χ3v) is 3.33. The quantitative estimate of drug-likeness (QED) is 0.872. The molecule has 17 heavy (non-hydrogen) atoms. The topological polar surface area (TPSA) is 29.3 Å². The van der Waals surface area contributed by atoms with Gasteiger partial charge in [-0.3, -0.25) is 0 Å². The molecule has 1 rings (SSSR count). The molecule has 0 amide bonds. The zero-order valence-electron chi connectivity index (χ0n) is 11.0. The van der Waals surface area contributed by atoms with E-state index >= 15 is 0 Å². The van der Waals surface area contributed by atoms with Crippen molar-refractivity contribution >= 4 is 15.9 Å². The lowest BCUT2D eigenvalue weighted by Gasteiger charge is -2.21. The van der Waals surface area contributed by atoms with Gasteiger partial charge < -0.3 is 10.6 Å². The van der Waals surface area contributed by atoms with Gasteiger partial charge in [0.25, 0.3) is 0 Å². The van der Waals surface area contributed by atoms with Crippen molar-refractivity contribution in [3.63, 3.8) is 0 Å². The van der Waals surface area contributed by atoms with Gasteiger partial charge in [-0.25, -0.2) is 0 Å². The molecule has 0 heterocycles. The molecular formula is C14H23BrN2. The molecule has 3 heteroatoms. The molecule has 0 aliphatic rings. The van der Waals surface area contributed by atoms with E-state index in [1.807, 2.05) is 12.1 Å². The molecule has 0 aliphatic heterocycles. The molecular weight excluding hydrogens is 276 g/mol. The van der Waals surface area contributed by atoms with Gasteiger partial charge in [-0.2, -0.15) is 0 Å². The van der Waals surface area contributed by atoms with Gasteiger partial charge in [0.1, 0.15) is 0 Å². The number of nitrogens with zero attached hydrogens (tertiary/aromatic N) is 1. The summed E-state index contributed by atoms with van der Waals surface area (Å²) in [5.74, 6) is 0.712. The maximum absolute atomic E-state index is 6.18. The highest BCUT2D eigenvalue weighted by molar-refractivity contribution is 9.10. The molecule has 0 saturated carbocycles. The lowest BCUT2D eigenvalue weighted by atomic mass is 10.0. The van der Waals surface area contributed by atoms with E-state index in [9.17, 15) is 0 Å². The van der Waals surface area contributed by atoms with Crippen molar-refractivity contribution in [3.8, 4) is 0 Å². The fourth-order valence-electron chi connectivity index (χ4n) is 1.95. The monoisotopic (exact) mass is 298 g/mol. The van der Waals surface area contributed by atoms with Crippen LogP contribution in [0.4, 0.5) is 0 Å². The van der Waals surface area contributed by atoms with Crippen molar-refractivity contribution in [2.24, 2.45) is 11.7 Å². The Hall–Kier alpha value is -0.380. The lowest BCUT2D eigenvalue weighted by molar-refractivity contribution is 0.284. The maximum Gasteiger partial charge on any atom is 0.0307 e. The van der Waals surface area contributed by atoms with Crippen molar-refractivity contribution in [1.29, 1.82) is 0 Å². The highest BCUT2D eigenvalue weighted by atomic mass is 79.9. The van der Waals surface area contributed by atoms with Gasteiger partial charge in [-0.1, -0.05) is 41.9 Å². The second-order valence-corrected chi connectivity index (χ2v) is 6.02. The average molecular weight is 299 g/mol. The zero-order chi connectivity index (χ0) is 12.8. The molecule has 1 aromatic rings. The SMILES string of the molecule is CC(C)CN(C)CCC(N)c1ccc(Br)cc1.